The van der Waals surface area contributed by atoms with Crippen molar-refractivity contribution in [3.05, 3.63) is 0 Å². The number of rotatable bonds is 0. The van der Waals surface area contributed by atoms with Gasteiger partial charge in [-0.05, 0) is 0 Å². The Bertz CT molecular complexity index is 105. The van der Waals surface area contributed by atoms with Gasteiger partial charge in [0.15, 0.2) is 0 Å². The quantitative estimate of drug-likeness (QED) is 0.324. The molecule has 0 aromatic heterocycles. The summed E-state index contributed by atoms with van der Waals surface area (Å²) in [4.78, 5) is 20.2. The van der Waals surface area contributed by atoms with Gasteiger partial charge in [0, 0.05) is 0 Å². The van der Waals surface area contributed by atoms with Crippen LogP contribution in [0.2, 0.25) is 0 Å². The number of ketones is 1. The number of carbonyl (C=O) groups is 2. The Hall–Kier alpha value is -0.270. The van der Waals surface area contributed by atoms with Gasteiger partial charge in [-0.15, -0.1) is 0 Å². The Morgan fingerprint density at radius 2 is 2.29 bits per heavy atom. The molecule has 0 saturated carbocycles. The molecule has 1 fully saturated rings. The lowest BCUT2D eigenvalue weighted by atomic mass is 10.5. The molecule has 0 spiro atoms. The largest absolute Gasteiger partial charge is 0.346 e. The Balaban J connectivity index is 2.65. The summed E-state index contributed by atoms with van der Waals surface area (Å²) in [5, 5.41) is 0. The van der Waals surface area contributed by atoms with Crippen molar-refractivity contribution in [1.82, 2.24) is 0 Å². The topological polar surface area (TPSA) is 43.4 Å². The fourth-order valence-electron chi connectivity index (χ4n) is 0.290. The average Bonchev–Trinajstić information content (AvgIpc) is 1.91. The van der Waals surface area contributed by atoms with E-state index in [1.807, 2.05) is 0 Å². The first kappa shape index (κ1) is 4.88. The third-order valence-corrected chi connectivity index (χ3v) is 1.37. The highest BCUT2D eigenvalue weighted by Gasteiger charge is 2.20. The lowest BCUT2D eigenvalue weighted by molar-refractivity contribution is -0.131. The van der Waals surface area contributed by atoms with E-state index in [1.54, 1.807) is 0 Å². The number of hydrogen-bond acceptors (Lipinski definition) is 3. The molecule has 3 nitrogen and oxygen atoms in total. The van der Waals surface area contributed by atoms with Crippen LogP contribution >= 0.6 is 8.81 Å². The molecule has 0 aromatic carbocycles. The van der Waals surface area contributed by atoms with Crippen LogP contribution in [0.25, 0.3) is 0 Å². The Morgan fingerprint density at radius 3 is 2.43 bits per heavy atom. The van der Waals surface area contributed by atoms with Gasteiger partial charge >= 0.3 is 0 Å². The molecule has 1 heterocycles. The zero-order valence-corrected chi connectivity index (χ0v) is 4.43. The van der Waals surface area contributed by atoms with E-state index in [-0.39, 0.29) is 20.9 Å². The molecule has 0 N–H and O–H groups in total. The second-order valence-electron chi connectivity index (χ2n) is 1.14. The van der Waals surface area contributed by atoms with E-state index in [9.17, 15) is 9.59 Å². The highest BCUT2D eigenvalue weighted by molar-refractivity contribution is 7.58. The predicted octanol–water partition coefficient (Wildman–Crippen LogP) is -0.294. The highest BCUT2D eigenvalue weighted by Crippen LogP contribution is 2.19. The first-order valence-corrected chi connectivity index (χ1v) is 2.66. The summed E-state index contributed by atoms with van der Waals surface area (Å²) in [6.45, 7) is -0.00270. The second kappa shape index (κ2) is 1.68. The lowest BCUT2D eigenvalue weighted by Crippen LogP contribution is -2.03. The maximum absolute atomic E-state index is 10.1. The second-order valence-corrected chi connectivity index (χ2v) is 2.09. The van der Waals surface area contributed by atoms with Crippen LogP contribution in [0.3, 0.4) is 0 Å². The summed E-state index contributed by atoms with van der Waals surface area (Å²) in [5.74, 6) is -0.390. The minimum atomic E-state index is -0.390. The van der Waals surface area contributed by atoms with E-state index >= 15 is 0 Å². The Labute approximate surface area is 41.9 Å². The van der Waals surface area contributed by atoms with Gasteiger partial charge in [0.25, 0.3) is 0 Å². The Kier molecular flexibility index (Phi) is 1.17. The minimum absolute atomic E-state index is 0.00270. The molecule has 1 rings (SSSR count). The van der Waals surface area contributed by atoms with Crippen LogP contribution in [0.1, 0.15) is 0 Å². The molecule has 1 aliphatic heterocycles. The van der Waals surface area contributed by atoms with Gasteiger partial charge in [-0.3, -0.25) is 9.59 Å². The predicted molar refractivity (Wildman–Crippen MR) is 24.3 cm³/mol. The van der Waals surface area contributed by atoms with Crippen LogP contribution in [0.5, 0.6) is 0 Å². The van der Waals surface area contributed by atoms with E-state index in [1.165, 1.54) is 0 Å². The molecule has 0 aliphatic carbocycles. The SMILES string of the molecule is O=C1COPC1=O. The first-order chi connectivity index (χ1) is 3.30. The van der Waals surface area contributed by atoms with Crippen molar-refractivity contribution in [2.24, 2.45) is 0 Å². The van der Waals surface area contributed by atoms with Crippen molar-refractivity contribution < 1.29 is 14.1 Å². The fraction of sp³-hybridized carbons (Fsp3) is 0.333. The van der Waals surface area contributed by atoms with Crippen molar-refractivity contribution in [2.75, 3.05) is 6.61 Å². The van der Waals surface area contributed by atoms with Crippen molar-refractivity contribution in [1.29, 1.82) is 0 Å². The van der Waals surface area contributed by atoms with Crippen LogP contribution < -0.4 is 0 Å². The van der Waals surface area contributed by atoms with Crippen LogP contribution in [-0.4, -0.2) is 17.9 Å². The normalized spacial score (nSPS) is 24.6. The molecule has 0 radical (unpaired) electrons. The molecule has 7 heavy (non-hydrogen) atoms. The molecule has 0 amide bonds. The van der Waals surface area contributed by atoms with Crippen molar-refractivity contribution >= 4 is 20.1 Å². The minimum Gasteiger partial charge on any atom is -0.346 e. The van der Waals surface area contributed by atoms with Crippen LogP contribution in [0.15, 0.2) is 0 Å². The van der Waals surface area contributed by atoms with Gasteiger partial charge in [0.05, 0.1) is 8.81 Å². The summed E-state index contributed by atoms with van der Waals surface area (Å²) in [5.41, 5.74) is -0.375. The molecule has 0 bridgehead atoms. The lowest BCUT2D eigenvalue weighted by Gasteiger charge is -1.73. The molecule has 38 valence electrons. The summed E-state index contributed by atoms with van der Waals surface area (Å²) < 4.78 is 4.50. The van der Waals surface area contributed by atoms with Gasteiger partial charge in [-0.1, -0.05) is 0 Å². The fourth-order valence-corrected chi connectivity index (χ4v) is 0.810. The molecule has 1 aliphatic rings. The summed E-state index contributed by atoms with van der Waals surface area (Å²) in [7, 11) is -0.226. The first-order valence-electron chi connectivity index (χ1n) is 1.75. The maximum Gasteiger partial charge on any atom is 0.246 e. The van der Waals surface area contributed by atoms with Crippen LogP contribution in [0.4, 0.5) is 0 Å². The van der Waals surface area contributed by atoms with E-state index in [4.69, 9.17) is 0 Å². The van der Waals surface area contributed by atoms with Crippen molar-refractivity contribution in [2.45, 2.75) is 0 Å². The third kappa shape index (κ3) is 0.842. The van der Waals surface area contributed by atoms with Gasteiger partial charge in [-0.25, -0.2) is 0 Å². The van der Waals surface area contributed by atoms with E-state index in [0.29, 0.717) is 0 Å². The van der Waals surface area contributed by atoms with Gasteiger partial charge in [0.1, 0.15) is 6.61 Å². The zero-order valence-electron chi connectivity index (χ0n) is 3.43. The number of Topliss-reactive ketones (excluding diaryl/α,β-unsaturated/α-hetero) is 1. The number of carbonyl (C=O) groups excluding carboxylic acids is 2. The van der Waals surface area contributed by atoms with Crippen molar-refractivity contribution in [3.8, 4) is 0 Å². The summed E-state index contributed by atoms with van der Waals surface area (Å²) in [6, 6.07) is 0. The smallest absolute Gasteiger partial charge is 0.246 e. The standard InChI is InChI=1S/C3H3O3P/c4-2-1-6-7-3(2)5/h7H,1H2. The molecular weight excluding hydrogens is 115 g/mol. The van der Waals surface area contributed by atoms with Gasteiger partial charge in [0.2, 0.25) is 11.3 Å². The highest BCUT2D eigenvalue weighted by atomic mass is 31.1. The zero-order chi connectivity index (χ0) is 5.28. The van der Waals surface area contributed by atoms with Crippen LogP contribution in [0, 0.1) is 0 Å². The monoisotopic (exact) mass is 118 g/mol. The van der Waals surface area contributed by atoms with Crippen molar-refractivity contribution in [3.63, 3.8) is 0 Å². The van der Waals surface area contributed by atoms with Crippen LogP contribution in [-0.2, 0) is 14.1 Å². The molecule has 1 saturated heterocycles. The van der Waals surface area contributed by atoms with E-state index in [0.717, 1.165) is 0 Å². The Morgan fingerprint density at radius 1 is 1.57 bits per heavy atom. The molecule has 1 atom stereocenters. The van der Waals surface area contributed by atoms with Gasteiger partial charge in [-0.2, -0.15) is 0 Å². The van der Waals surface area contributed by atoms with Gasteiger partial charge < -0.3 is 4.52 Å². The maximum atomic E-state index is 10.1. The average molecular weight is 118 g/mol. The number of hydrogen-bond donors (Lipinski definition) is 0. The molecule has 1 unspecified atom stereocenters. The van der Waals surface area contributed by atoms with E-state index in [2.05, 4.69) is 4.52 Å². The molecular formula is C3H3O3P. The molecule has 0 aromatic rings. The van der Waals surface area contributed by atoms with E-state index < -0.39 is 5.78 Å². The summed E-state index contributed by atoms with van der Waals surface area (Å²) in [6.07, 6.45) is 0. The molecule has 4 heteroatoms. The third-order valence-electron chi connectivity index (χ3n) is 0.621. The summed E-state index contributed by atoms with van der Waals surface area (Å²) >= 11 is 0.